The Balaban J connectivity index is 1.78. The van der Waals surface area contributed by atoms with Crippen molar-refractivity contribution in [2.45, 2.75) is 20.0 Å². The van der Waals surface area contributed by atoms with Gasteiger partial charge in [-0.05, 0) is 25.2 Å². The zero-order valence-corrected chi connectivity index (χ0v) is 15.7. The van der Waals surface area contributed by atoms with Crippen LogP contribution in [0.3, 0.4) is 0 Å². The molecule has 27 heavy (non-hydrogen) atoms. The second kappa shape index (κ2) is 7.79. The predicted octanol–water partition coefficient (Wildman–Crippen LogP) is 3.85. The number of nitrogens with zero attached hydrogens (tertiary/aromatic N) is 3. The molecule has 0 atom stereocenters. The molecule has 0 radical (unpaired) electrons. The van der Waals surface area contributed by atoms with E-state index in [9.17, 15) is 13.6 Å². The molecule has 0 saturated carbocycles. The number of aromatic amines is 1. The molecule has 5 nitrogen and oxygen atoms in total. The van der Waals surface area contributed by atoms with Gasteiger partial charge in [0.2, 0.25) is 5.91 Å². The number of carbonyl (C=O) groups excluding carboxylic acids is 1. The first-order valence-corrected chi connectivity index (χ1v) is 8.66. The van der Waals surface area contributed by atoms with Gasteiger partial charge in [-0.1, -0.05) is 35.9 Å². The van der Waals surface area contributed by atoms with Gasteiger partial charge in [-0.25, -0.2) is 8.78 Å². The van der Waals surface area contributed by atoms with Crippen molar-refractivity contribution in [2.24, 2.45) is 0 Å². The van der Waals surface area contributed by atoms with Crippen LogP contribution in [-0.4, -0.2) is 32.6 Å². The Hall–Kier alpha value is -2.87. The second-order valence-electron chi connectivity index (χ2n) is 6.29. The SMILES string of the molecule is Cc1ccc(-c2n[nH]c(=S)n2CC(=O)N(C)Cc2ccc(F)cc2F)cc1. The first-order chi connectivity index (χ1) is 12.8. The molecule has 0 aliphatic rings. The number of hydrogen-bond acceptors (Lipinski definition) is 3. The largest absolute Gasteiger partial charge is 0.340 e. The molecule has 1 aromatic heterocycles. The average Bonchev–Trinajstić information content (AvgIpc) is 2.98. The summed E-state index contributed by atoms with van der Waals surface area (Å²) < 4.78 is 28.8. The quantitative estimate of drug-likeness (QED) is 0.676. The minimum atomic E-state index is -0.685. The van der Waals surface area contributed by atoms with Crippen molar-refractivity contribution < 1.29 is 13.6 Å². The number of nitrogens with one attached hydrogen (secondary N) is 1. The van der Waals surface area contributed by atoms with Crippen molar-refractivity contribution >= 4 is 18.1 Å². The fraction of sp³-hybridized carbons (Fsp3) is 0.211. The van der Waals surface area contributed by atoms with Crippen LogP contribution in [0.1, 0.15) is 11.1 Å². The highest BCUT2D eigenvalue weighted by molar-refractivity contribution is 7.71. The van der Waals surface area contributed by atoms with Crippen LogP contribution in [0, 0.1) is 23.3 Å². The van der Waals surface area contributed by atoms with Gasteiger partial charge in [-0.15, -0.1) is 0 Å². The smallest absolute Gasteiger partial charge is 0.242 e. The number of rotatable bonds is 5. The third kappa shape index (κ3) is 4.28. The van der Waals surface area contributed by atoms with E-state index in [0.717, 1.165) is 17.2 Å². The summed E-state index contributed by atoms with van der Waals surface area (Å²) >= 11 is 5.24. The molecule has 2 aromatic carbocycles. The Morgan fingerprint density at radius 2 is 1.93 bits per heavy atom. The summed E-state index contributed by atoms with van der Waals surface area (Å²) in [6.07, 6.45) is 0. The Bertz CT molecular complexity index is 1030. The van der Waals surface area contributed by atoms with Gasteiger partial charge in [0.25, 0.3) is 0 Å². The van der Waals surface area contributed by atoms with Crippen molar-refractivity contribution in [3.63, 3.8) is 0 Å². The molecule has 0 bridgehead atoms. The van der Waals surface area contributed by atoms with Crippen molar-refractivity contribution in [3.8, 4) is 11.4 Å². The van der Waals surface area contributed by atoms with Crippen LogP contribution in [-0.2, 0) is 17.9 Å². The number of H-pyrrole nitrogens is 1. The molecule has 0 aliphatic carbocycles. The highest BCUT2D eigenvalue weighted by Gasteiger charge is 2.16. The normalized spacial score (nSPS) is 10.8. The summed E-state index contributed by atoms with van der Waals surface area (Å²) in [5.74, 6) is -1.06. The lowest BCUT2D eigenvalue weighted by atomic mass is 10.1. The Morgan fingerprint density at radius 1 is 1.22 bits per heavy atom. The van der Waals surface area contributed by atoms with Crippen LogP contribution < -0.4 is 0 Å². The predicted molar refractivity (Wildman–Crippen MR) is 100 cm³/mol. The van der Waals surface area contributed by atoms with E-state index in [-0.39, 0.29) is 24.6 Å². The van der Waals surface area contributed by atoms with Crippen molar-refractivity contribution in [1.82, 2.24) is 19.7 Å². The van der Waals surface area contributed by atoms with Crippen molar-refractivity contribution in [1.29, 1.82) is 0 Å². The third-order valence-corrected chi connectivity index (χ3v) is 4.52. The first kappa shape index (κ1) is 18.9. The molecule has 0 saturated heterocycles. The molecule has 3 rings (SSSR count). The van der Waals surface area contributed by atoms with Crippen LogP contribution in [0.5, 0.6) is 0 Å². The number of amides is 1. The van der Waals surface area contributed by atoms with Gasteiger partial charge >= 0.3 is 0 Å². The number of benzene rings is 2. The first-order valence-electron chi connectivity index (χ1n) is 8.25. The van der Waals surface area contributed by atoms with Crippen molar-refractivity contribution in [2.75, 3.05) is 7.05 Å². The summed E-state index contributed by atoms with van der Waals surface area (Å²) in [5.41, 5.74) is 2.17. The fourth-order valence-electron chi connectivity index (χ4n) is 2.64. The summed E-state index contributed by atoms with van der Waals surface area (Å²) in [5, 5.41) is 6.91. The van der Waals surface area contributed by atoms with E-state index in [1.807, 2.05) is 31.2 Å². The summed E-state index contributed by atoms with van der Waals surface area (Å²) in [6, 6.07) is 11.0. The third-order valence-electron chi connectivity index (χ3n) is 4.21. The van der Waals surface area contributed by atoms with Crippen LogP contribution in [0.15, 0.2) is 42.5 Å². The summed E-state index contributed by atoms with van der Waals surface area (Å²) in [6.45, 7) is 1.96. The number of carbonyl (C=O) groups is 1. The van der Waals surface area contributed by atoms with E-state index in [1.165, 1.54) is 17.0 Å². The molecule has 0 spiro atoms. The molecule has 3 aromatic rings. The highest BCUT2D eigenvalue weighted by atomic mass is 32.1. The lowest BCUT2D eigenvalue weighted by molar-refractivity contribution is -0.131. The highest BCUT2D eigenvalue weighted by Crippen LogP contribution is 2.18. The van der Waals surface area contributed by atoms with Crippen LogP contribution in [0.2, 0.25) is 0 Å². The van der Waals surface area contributed by atoms with Gasteiger partial charge in [0.05, 0.1) is 0 Å². The topological polar surface area (TPSA) is 53.9 Å². The zero-order chi connectivity index (χ0) is 19.6. The maximum absolute atomic E-state index is 13.8. The van der Waals surface area contributed by atoms with E-state index in [0.29, 0.717) is 10.6 Å². The molecule has 8 heteroatoms. The summed E-state index contributed by atoms with van der Waals surface area (Å²) in [4.78, 5) is 14.0. The van der Waals surface area contributed by atoms with Gasteiger partial charge in [0, 0.05) is 30.8 Å². The molecule has 0 fully saturated rings. The van der Waals surface area contributed by atoms with Gasteiger partial charge in [0.15, 0.2) is 10.6 Å². The maximum Gasteiger partial charge on any atom is 0.242 e. The number of hydrogen-bond donors (Lipinski definition) is 1. The Kier molecular flexibility index (Phi) is 5.46. The second-order valence-corrected chi connectivity index (χ2v) is 6.68. The monoisotopic (exact) mass is 388 g/mol. The van der Waals surface area contributed by atoms with Gasteiger partial charge < -0.3 is 4.90 Å². The molecule has 140 valence electrons. The average molecular weight is 388 g/mol. The number of halogens is 2. The van der Waals surface area contributed by atoms with Crippen LogP contribution in [0.4, 0.5) is 8.78 Å². The lowest BCUT2D eigenvalue weighted by Crippen LogP contribution is -2.30. The van der Waals surface area contributed by atoms with E-state index < -0.39 is 11.6 Å². The van der Waals surface area contributed by atoms with Crippen LogP contribution in [0.25, 0.3) is 11.4 Å². The van der Waals surface area contributed by atoms with Gasteiger partial charge in [-0.2, -0.15) is 5.10 Å². The van der Waals surface area contributed by atoms with E-state index >= 15 is 0 Å². The molecule has 1 amide bonds. The number of likely N-dealkylation sites (N-methyl/N-ethyl adjacent to an activating group) is 1. The lowest BCUT2D eigenvalue weighted by Gasteiger charge is -2.18. The standard InChI is InChI=1S/C19H18F2N4OS/c1-12-3-5-13(6-4-12)18-22-23-19(27)25(18)11-17(26)24(2)10-14-7-8-15(20)9-16(14)21/h3-9H,10-11H2,1-2H3,(H,23,27). The minimum absolute atomic E-state index is 0.0238. The maximum atomic E-state index is 13.8. The Morgan fingerprint density at radius 3 is 2.59 bits per heavy atom. The molecule has 1 N–H and O–H groups in total. The van der Waals surface area contributed by atoms with E-state index in [1.54, 1.807) is 11.6 Å². The van der Waals surface area contributed by atoms with Crippen molar-refractivity contribution in [3.05, 3.63) is 70.0 Å². The van der Waals surface area contributed by atoms with E-state index in [4.69, 9.17) is 12.2 Å². The van der Waals surface area contributed by atoms with Gasteiger partial charge in [-0.3, -0.25) is 14.5 Å². The molecule has 1 heterocycles. The molecule has 0 unspecified atom stereocenters. The van der Waals surface area contributed by atoms with Gasteiger partial charge in [0.1, 0.15) is 18.2 Å². The number of aryl methyl sites for hydroxylation is 1. The number of aromatic nitrogens is 3. The molecular weight excluding hydrogens is 370 g/mol. The minimum Gasteiger partial charge on any atom is -0.340 e. The van der Waals surface area contributed by atoms with E-state index in [2.05, 4.69) is 10.2 Å². The zero-order valence-electron chi connectivity index (χ0n) is 14.9. The molecular formula is C19H18F2N4OS. The summed E-state index contributed by atoms with van der Waals surface area (Å²) in [7, 11) is 1.56. The fourth-order valence-corrected chi connectivity index (χ4v) is 2.83. The Labute approximate surface area is 160 Å². The molecule has 0 aliphatic heterocycles. The van der Waals surface area contributed by atoms with Crippen LogP contribution >= 0.6 is 12.2 Å².